The number of benzene rings is 2. The molecular weight excluding hydrogens is 388 g/mol. The highest BCUT2D eigenvalue weighted by molar-refractivity contribution is 7.22. The number of carbonyl (C=O) groups is 1. The summed E-state index contributed by atoms with van der Waals surface area (Å²) in [4.78, 5) is 20.0. The lowest BCUT2D eigenvalue weighted by Crippen LogP contribution is -3.06. The topological polar surface area (TPSA) is 56.1 Å². The molecule has 0 aliphatic carbocycles. The van der Waals surface area contributed by atoms with Gasteiger partial charge in [-0.25, -0.2) is 13.8 Å². The summed E-state index contributed by atoms with van der Waals surface area (Å²) >= 11 is 1.26. The van der Waals surface area contributed by atoms with Crippen molar-refractivity contribution in [3.8, 4) is 11.5 Å². The van der Waals surface area contributed by atoms with Crippen molar-refractivity contribution in [1.29, 1.82) is 0 Å². The van der Waals surface area contributed by atoms with Gasteiger partial charge in [-0.05, 0) is 12.1 Å². The Balaban J connectivity index is 1.75. The number of likely N-dealkylation sites (N-methyl/N-ethyl adjacent to an activating group) is 1. The van der Waals surface area contributed by atoms with Gasteiger partial charge in [0, 0.05) is 12.1 Å². The first-order valence-corrected chi connectivity index (χ1v) is 9.51. The Bertz CT molecular complexity index is 993. The molecule has 1 amide bonds. The van der Waals surface area contributed by atoms with Gasteiger partial charge < -0.3 is 14.4 Å². The molecule has 0 saturated carbocycles. The first kappa shape index (κ1) is 18.6. The minimum absolute atomic E-state index is 0.155. The van der Waals surface area contributed by atoms with Crippen LogP contribution in [0.3, 0.4) is 0 Å². The van der Waals surface area contributed by atoms with Gasteiger partial charge in [0.15, 0.2) is 16.6 Å². The van der Waals surface area contributed by atoms with E-state index in [0.29, 0.717) is 28.7 Å². The molecule has 4 rings (SSSR count). The van der Waals surface area contributed by atoms with Crippen LogP contribution in [0.4, 0.5) is 13.9 Å². The molecule has 1 aliphatic heterocycles. The molecule has 1 N–H and O–H groups in total. The zero-order chi connectivity index (χ0) is 19.8. The van der Waals surface area contributed by atoms with Crippen LogP contribution in [0.1, 0.15) is 10.4 Å². The molecule has 1 aromatic heterocycles. The van der Waals surface area contributed by atoms with Crippen molar-refractivity contribution in [3.05, 3.63) is 47.5 Å². The first-order chi connectivity index (χ1) is 13.4. The van der Waals surface area contributed by atoms with E-state index >= 15 is 0 Å². The van der Waals surface area contributed by atoms with Crippen LogP contribution < -0.4 is 19.3 Å². The number of carbonyl (C=O) groups excluding carboxylic acids is 1. The third-order valence-corrected chi connectivity index (χ3v) is 5.40. The molecule has 0 radical (unpaired) electrons. The van der Waals surface area contributed by atoms with Crippen LogP contribution in [0.25, 0.3) is 10.2 Å². The Labute approximate surface area is 163 Å². The summed E-state index contributed by atoms with van der Waals surface area (Å²) in [5, 5.41) is 0.368. The molecule has 9 heteroatoms. The van der Waals surface area contributed by atoms with E-state index < -0.39 is 23.1 Å². The van der Waals surface area contributed by atoms with Crippen molar-refractivity contribution in [2.45, 2.75) is 0 Å². The number of nitrogens with one attached hydrogen (secondary N) is 1. The minimum atomic E-state index is -0.894. The van der Waals surface area contributed by atoms with E-state index in [-0.39, 0.29) is 13.3 Å². The molecule has 3 aromatic rings. The number of hydrogen-bond donors (Lipinski definition) is 1. The maximum absolute atomic E-state index is 14.2. The predicted octanol–water partition coefficient (Wildman–Crippen LogP) is 2.09. The lowest BCUT2D eigenvalue weighted by atomic mass is 10.1. The van der Waals surface area contributed by atoms with E-state index in [1.807, 2.05) is 14.1 Å². The number of anilines is 1. The van der Waals surface area contributed by atoms with Gasteiger partial charge in [0.05, 0.1) is 37.4 Å². The summed E-state index contributed by atoms with van der Waals surface area (Å²) < 4.78 is 39.9. The zero-order valence-corrected chi connectivity index (χ0v) is 16.1. The molecule has 146 valence electrons. The van der Waals surface area contributed by atoms with E-state index in [0.717, 1.165) is 21.7 Å². The highest BCUT2D eigenvalue weighted by atomic mass is 32.1. The van der Waals surface area contributed by atoms with Crippen molar-refractivity contribution < 1.29 is 27.9 Å². The molecule has 2 heterocycles. The molecule has 0 fully saturated rings. The largest absolute Gasteiger partial charge is 0.454 e. The average Bonchev–Trinajstić information content (AvgIpc) is 3.25. The van der Waals surface area contributed by atoms with Crippen molar-refractivity contribution in [1.82, 2.24) is 4.98 Å². The molecular formula is C19H18F2N3O3S+. The van der Waals surface area contributed by atoms with Crippen molar-refractivity contribution in [3.63, 3.8) is 0 Å². The summed E-state index contributed by atoms with van der Waals surface area (Å²) in [6, 6.07) is 6.91. The molecule has 1 aliphatic rings. The van der Waals surface area contributed by atoms with Gasteiger partial charge in [-0.3, -0.25) is 9.69 Å². The third kappa shape index (κ3) is 3.38. The third-order valence-electron chi connectivity index (χ3n) is 4.36. The summed E-state index contributed by atoms with van der Waals surface area (Å²) in [5.74, 6) is -1.35. The number of hydrogen-bond acceptors (Lipinski definition) is 5. The Morgan fingerprint density at radius 1 is 1.21 bits per heavy atom. The summed E-state index contributed by atoms with van der Waals surface area (Å²) in [7, 11) is 3.87. The van der Waals surface area contributed by atoms with Gasteiger partial charge in [-0.2, -0.15) is 0 Å². The maximum Gasteiger partial charge on any atom is 0.266 e. The second kappa shape index (κ2) is 7.33. The lowest BCUT2D eigenvalue weighted by molar-refractivity contribution is -0.856. The van der Waals surface area contributed by atoms with Gasteiger partial charge in [0.2, 0.25) is 6.79 Å². The number of rotatable bonds is 5. The van der Waals surface area contributed by atoms with Crippen molar-refractivity contribution >= 4 is 32.6 Å². The molecule has 0 saturated heterocycles. The number of thiazole rings is 1. The highest BCUT2D eigenvalue weighted by Crippen LogP contribution is 2.40. The van der Waals surface area contributed by atoms with Gasteiger partial charge in [-0.15, -0.1) is 0 Å². The fourth-order valence-electron chi connectivity index (χ4n) is 2.88. The molecule has 0 bridgehead atoms. The van der Waals surface area contributed by atoms with Crippen LogP contribution in [0, 0.1) is 11.6 Å². The van der Waals surface area contributed by atoms with Gasteiger partial charge in [0.1, 0.15) is 17.2 Å². The molecule has 2 aromatic carbocycles. The number of aromatic nitrogens is 1. The van der Waals surface area contributed by atoms with Crippen LogP contribution in [0.15, 0.2) is 30.3 Å². The Kier molecular flexibility index (Phi) is 4.86. The number of quaternary nitrogens is 1. The Morgan fingerprint density at radius 2 is 1.89 bits per heavy atom. The second-order valence-corrected chi connectivity index (χ2v) is 7.69. The molecule has 0 spiro atoms. The first-order valence-electron chi connectivity index (χ1n) is 8.69. The van der Waals surface area contributed by atoms with E-state index in [9.17, 15) is 13.6 Å². The average molecular weight is 406 g/mol. The predicted molar refractivity (Wildman–Crippen MR) is 101 cm³/mol. The molecule has 0 unspecified atom stereocenters. The van der Waals surface area contributed by atoms with Gasteiger partial charge >= 0.3 is 0 Å². The summed E-state index contributed by atoms with van der Waals surface area (Å²) in [6.45, 7) is 1.00. The van der Waals surface area contributed by atoms with E-state index in [1.165, 1.54) is 22.3 Å². The Hall–Kier alpha value is -2.78. The monoisotopic (exact) mass is 406 g/mol. The van der Waals surface area contributed by atoms with E-state index in [2.05, 4.69) is 4.98 Å². The molecule has 6 nitrogen and oxygen atoms in total. The maximum atomic E-state index is 14.2. The van der Waals surface area contributed by atoms with Crippen LogP contribution in [-0.2, 0) is 0 Å². The smallest absolute Gasteiger partial charge is 0.266 e. The fraction of sp³-hybridized carbons (Fsp3) is 0.263. The summed E-state index contributed by atoms with van der Waals surface area (Å²) in [6.07, 6.45) is 0. The number of halogens is 2. The van der Waals surface area contributed by atoms with Crippen molar-refractivity contribution in [2.75, 3.05) is 38.9 Å². The second-order valence-electron chi connectivity index (χ2n) is 6.68. The highest BCUT2D eigenvalue weighted by Gasteiger charge is 2.28. The standard InChI is InChI=1S/C19H17F2N3O3S/c1-23(2)6-7-24(18(25)17-11(20)4-3-5-12(17)21)19-22-13-8-14-15(27-10-26-14)9-16(13)28-19/h3-5,8-9H,6-7,10H2,1-2H3/p+1. The van der Waals surface area contributed by atoms with Crippen molar-refractivity contribution in [2.24, 2.45) is 0 Å². The quantitative estimate of drug-likeness (QED) is 0.705. The number of amides is 1. The van der Waals surface area contributed by atoms with Gasteiger partial charge in [0.25, 0.3) is 5.91 Å². The van der Waals surface area contributed by atoms with Gasteiger partial charge in [-0.1, -0.05) is 17.4 Å². The van der Waals surface area contributed by atoms with Crippen LogP contribution >= 0.6 is 11.3 Å². The van der Waals surface area contributed by atoms with E-state index in [4.69, 9.17) is 9.47 Å². The van der Waals surface area contributed by atoms with E-state index in [1.54, 1.807) is 12.1 Å². The number of fused-ring (bicyclic) bond motifs is 2. The lowest BCUT2D eigenvalue weighted by Gasteiger charge is -2.21. The van der Waals surface area contributed by atoms with Crippen LogP contribution in [0.2, 0.25) is 0 Å². The molecule has 0 atom stereocenters. The van der Waals surface area contributed by atoms with Crippen LogP contribution in [0.5, 0.6) is 11.5 Å². The summed E-state index contributed by atoms with van der Waals surface area (Å²) in [5.41, 5.74) is 0.0536. The minimum Gasteiger partial charge on any atom is -0.454 e. The number of nitrogens with zero attached hydrogens (tertiary/aromatic N) is 2. The zero-order valence-electron chi connectivity index (χ0n) is 15.3. The SMILES string of the molecule is C[NH+](C)CCN(C(=O)c1c(F)cccc1F)c1nc2cc3c(cc2s1)OCO3. The number of ether oxygens (including phenoxy) is 2. The molecule has 28 heavy (non-hydrogen) atoms. The van der Waals surface area contributed by atoms with Crippen LogP contribution in [-0.4, -0.2) is 44.9 Å². The normalized spacial score (nSPS) is 12.8. The Morgan fingerprint density at radius 3 is 2.57 bits per heavy atom. The fourth-order valence-corrected chi connectivity index (χ4v) is 3.88.